The molecule has 0 heterocycles. The number of unbranched alkanes of at least 4 members (excludes halogenated alkanes) is 32. The van der Waals surface area contributed by atoms with Crippen LogP contribution in [0.5, 0.6) is 0 Å². The van der Waals surface area contributed by atoms with E-state index in [1.807, 2.05) is 6.08 Å². The van der Waals surface area contributed by atoms with Crippen molar-refractivity contribution in [3.63, 3.8) is 0 Å². The van der Waals surface area contributed by atoms with Gasteiger partial charge in [0.05, 0.1) is 18.8 Å². The summed E-state index contributed by atoms with van der Waals surface area (Å²) in [4.78, 5) is 31.0. The van der Waals surface area contributed by atoms with Crippen LogP contribution in [0.3, 0.4) is 0 Å². The zero-order valence-electron chi connectivity index (χ0n) is 35.6. The van der Waals surface area contributed by atoms with Gasteiger partial charge in [0.25, 0.3) is 0 Å². The highest BCUT2D eigenvalue weighted by atomic mass is 31.2. The highest BCUT2D eigenvalue weighted by Crippen LogP contribution is 2.35. The van der Waals surface area contributed by atoms with Crippen molar-refractivity contribution in [1.29, 1.82) is 0 Å². The molecule has 0 aromatic carbocycles. The van der Waals surface area contributed by atoms with Crippen LogP contribution >= 0.6 is 7.82 Å². The number of carbonyl (C=O) groups excluding carboxylic acids is 1. The normalized spacial score (nSPS) is 13.4. The lowest BCUT2D eigenvalue weighted by Gasteiger charge is -2.22. The molecular formula is C46H90NO6P. The lowest BCUT2D eigenvalue weighted by molar-refractivity contribution is -0.123. The first-order chi connectivity index (χ1) is 26.3. The van der Waals surface area contributed by atoms with Gasteiger partial charge in [0.2, 0.25) is 5.91 Å². The predicted octanol–water partition coefficient (Wildman–Crippen LogP) is 14.1. The minimum atomic E-state index is -4.71. The molecule has 54 heavy (non-hydrogen) atoms. The van der Waals surface area contributed by atoms with Crippen molar-refractivity contribution < 1.29 is 28.8 Å². The van der Waals surface area contributed by atoms with Crippen molar-refractivity contribution >= 4 is 13.7 Å². The second-order valence-corrected chi connectivity index (χ2v) is 17.3. The lowest BCUT2D eigenvalue weighted by atomic mass is 10.0. The molecule has 4 N–H and O–H groups in total. The van der Waals surface area contributed by atoms with Crippen molar-refractivity contribution in [2.75, 3.05) is 6.61 Å². The number of carbonyl (C=O) groups is 1. The number of aliphatic hydroxyl groups is 1. The van der Waals surface area contributed by atoms with Crippen LogP contribution in [0.4, 0.5) is 0 Å². The number of amides is 1. The molecule has 2 atom stereocenters. The maximum atomic E-state index is 12.6. The average Bonchev–Trinajstić information content (AvgIpc) is 3.14. The van der Waals surface area contributed by atoms with E-state index < -0.39 is 26.6 Å². The van der Waals surface area contributed by atoms with E-state index in [1.165, 1.54) is 186 Å². The number of nitrogens with one attached hydrogen (secondary N) is 1. The number of rotatable bonds is 43. The summed E-state index contributed by atoms with van der Waals surface area (Å²) >= 11 is 0. The van der Waals surface area contributed by atoms with Crippen LogP contribution in [0, 0.1) is 0 Å². The van der Waals surface area contributed by atoms with Gasteiger partial charge in [0.1, 0.15) is 0 Å². The monoisotopic (exact) mass is 784 g/mol. The molecule has 7 nitrogen and oxygen atoms in total. The Kier molecular flexibility index (Phi) is 40.9. The number of phosphoric ester groups is 1. The number of phosphoric acid groups is 1. The second kappa shape index (κ2) is 41.6. The third-order valence-corrected chi connectivity index (χ3v) is 11.1. The summed E-state index contributed by atoms with van der Waals surface area (Å²) in [5, 5.41) is 13.4. The van der Waals surface area contributed by atoms with Gasteiger partial charge in [-0.05, 0) is 44.9 Å². The SMILES string of the molecule is CCCCCCCCC=CCCCCCCCCCCCCCCCC(=O)N[C@@H](COP(=O)(O)O)[C@H](O)C=CCCCCCCCCCCCCCCC. The highest BCUT2D eigenvalue weighted by Gasteiger charge is 2.24. The van der Waals surface area contributed by atoms with Gasteiger partial charge >= 0.3 is 7.82 Å². The summed E-state index contributed by atoms with van der Waals surface area (Å²) in [7, 11) is -4.71. The Hall–Kier alpha value is -0.980. The third kappa shape index (κ3) is 42.2. The molecule has 0 bridgehead atoms. The van der Waals surface area contributed by atoms with Gasteiger partial charge in [-0.1, -0.05) is 218 Å². The molecular weight excluding hydrogens is 693 g/mol. The Bertz CT molecular complexity index is 890. The first-order valence-electron chi connectivity index (χ1n) is 23.3. The van der Waals surface area contributed by atoms with E-state index >= 15 is 0 Å². The van der Waals surface area contributed by atoms with Gasteiger partial charge in [-0.2, -0.15) is 0 Å². The fraction of sp³-hybridized carbons (Fsp3) is 0.891. The molecule has 0 aromatic heterocycles. The smallest absolute Gasteiger partial charge is 0.387 e. The molecule has 1 amide bonds. The van der Waals surface area contributed by atoms with Crippen molar-refractivity contribution in [2.24, 2.45) is 0 Å². The van der Waals surface area contributed by atoms with Crippen molar-refractivity contribution in [2.45, 2.75) is 257 Å². The molecule has 0 radical (unpaired) electrons. The van der Waals surface area contributed by atoms with Crippen molar-refractivity contribution in [3.8, 4) is 0 Å². The Balaban J connectivity index is 3.86. The molecule has 0 saturated carbocycles. The van der Waals surface area contributed by atoms with E-state index in [-0.39, 0.29) is 5.91 Å². The van der Waals surface area contributed by atoms with Crippen molar-refractivity contribution in [3.05, 3.63) is 24.3 Å². The van der Waals surface area contributed by atoms with E-state index in [0.29, 0.717) is 6.42 Å². The Labute approximate surface area is 335 Å². The summed E-state index contributed by atoms with van der Waals surface area (Å²) in [6.45, 7) is 4.09. The van der Waals surface area contributed by atoms with Gasteiger partial charge in [-0.15, -0.1) is 0 Å². The van der Waals surface area contributed by atoms with E-state index in [4.69, 9.17) is 0 Å². The second-order valence-electron chi connectivity index (χ2n) is 16.1. The van der Waals surface area contributed by atoms with Gasteiger partial charge in [-0.3, -0.25) is 9.32 Å². The summed E-state index contributed by atoms with van der Waals surface area (Å²) in [6, 6.07) is -0.908. The molecule has 0 aromatic rings. The molecule has 0 aliphatic rings. The molecule has 8 heteroatoms. The molecule has 0 unspecified atom stereocenters. The van der Waals surface area contributed by atoms with E-state index in [1.54, 1.807) is 6.08 Å². The summed E-state index contributed by atoms with van der Waals surface area (Å²) in [5.41, 5.74) is 0. The standard InChI is InChI=1S/C46H90NO6P/c1-3-5-7-9-11-13-15-17-19-20-21-22-23-24-25-26-28-30-32-34-36-38-40-42-46(49)47-44(43-53-54(50,51)52)45(48)41-39-37-35-33-31-29-27-18-16-14-12-10-8-6-4-2/h17,19,39,41,44-45,48H,3-16,18,20-38,40,42-43H2,1-2H3,(H,47,49)(H2,50,51,52)/t44-,45+/m0/s1. The fourth-order valence-electron chi connectivity index (χ4n) is 7.10. The first kappa shape index (κ1) is 53.0. The van der Waals surface area contributed by atoms with Gasteiger partial charge in [-0.25, -0.2) is 4.57 Å². The maximum absolute atomic E-state index is 12.6. The number of hydrogen-bond donors (Lipinski definition) is 4. The average molecular weight is 784 g/mol. The molecule has 0 fully saturated rings. The number of allylic oxidation sites excluding steroid dienone is 3. The first-order valence-corrected chi connectivity index (χ1v) is 24.8. The van der Waals surface area contributed by atoms with Crippen LogP contribution in [-0.2, 0) is 13.9 Å². The van der Waals surface area contributed by atoms with Gasteiger partial charge < -0.3 is 20.2 Å². The summed E-state index contributed by atoms with van der Waals surface area (Å²) in [5.74, 6) is -0.224. The third-order valence-electron chi connectivity index (χ3n) is 10.7. The topological polar surface area (TPSA) is 116 Å². The summed E-state index contributed by atoms with van der Waals surface area (Å²) in [6.07, 6.45) is 52.1. The number of aliphatic hydroxyl groups excluding tert-OH is 1. The molecule has 0 aliphatic carbocycles. The minimum absolute atomic E-state index is 0.224. The van der Waals surface area contributed by atoms with E-state index in [9.17, 15) is 24.3 Å². The molecule has 0 spiro atoms. The van der Waals surface area contributed by atoms with Crippen LogP contribution in [0.15, 0.2) is 24.3 Å². The largest absolute Gasteiger partial charge is 0.469 e. The minimum Gasteiger partial charge on any atom is -0.387 e. The zero-order valence-corrected chi connectivity index (χ0v) is 36.5. The molecule has 0 rings (SSSR count). The predicted molar refractivity (Wildman–Crippen MR) is 232 cm³/mol. The lowest BCUT2D eigenvalue weighted by Crippen LogP contribution is -2.45. The van der Waals surface area contributed by atoms with Crippen LogP contribution in [0.2, 0.25) is 0 Å². The zero-order chi connectivity index (χ0) is 39.6. The van der Waals surface area contributed by atoms with Crippen LogP contribution < -0.4 is 5.32 Å². The van der Waals surface area contributed by atoms with Gasteiger partial charge in [0.15, 0.2) is 0 Å². The quantitative estimate of drug-likeness (QED) is 0.0278. The fourth-order valence-corrected chi connectivity index (χ4v) is 7.46. The summed E-state index contributed by atoms with van der Waals surface area (Å²) < 4.78 is 15.9. The Morgan fingerprint density at radius 3 is 1.19 bits per heavy atom. The van der Waals surface area contributed by atoms with Crippen molar-refractivity contribution in [1.82, 2.24) is 5.32 Å². The highest BCUT2D eigenvalue weighted by molar-refractivity contribution is 7.46. The van der Waals surface area contributed by atoms with E-state index in [0.717, 1.165) is 38.5 Å². The Morgan fingerprint density at radius 1 is 0.519 bits per heavy atom. The van der Waals surface area contributed by atoms with E-state index in [2.05, 4.69) is 35.8 Å². The van der Waals surface area contributed by atoms with Crippen LogP contribution in [0.1, 0.15) is 245 Å². The Morgan fingerprint density at radius 2 is 0.833 bits per heavy atom. The molecule has 320 valence electrons. The molecule has 0 saturated heterocycles. The van der Waals surface area contributed by atoms with Crippen LogP contribution in [-0.4, -0.2) is 39.6 Å². The maximum Gasteiger partial charge on any atom is 0.469 e. The van der Waals surface area contributed by atoms with Gasteiger partial charge in [0, 0.05) is 6.42 Å². The molecule has 0 aliphatic heterocycles. The van der Waals surface area contributed by atoms with Crippen LogP contribution in [0.25, 0.3) is 0 Å². The number of hydrogen-bond acceptors (Lipinski definition) is 4.